The van der Waals surface area contributed by atoms with Gasteiger partial charge in [0.25, 0.3) is 0 Å². The first-order valence-electron chi connectivity index (χ1n) is 7.23. The van der Waals surface area contributed by atoms with Gasteiger partial charge in [-0.2, -0.15) is 0 Å². The summed E-state index contributed by atoms with van der Waals surface area (Å²) < 4.78 is 12.9. The van der Waals surface area contributed by atoms with Crippen LogP contribution in [0.25, 0.3) is 0 Å². The van der Waals surface area contributed by atoms with Crippen molar-refractivity contribution >= 4 is 17.9 Å². The molecule has 0 aliphatic carbocycles. The van der Waals surface area contributed by atoms with Crippen molar-refractivity contribution in [1.82, 2.24) is 4.31 Å². The lowest BCUT2D eigenvalue weighted by Crippen LogP contribution is -2.54. The van der Waals surface area contributed by atoms with E-state index in [1.54, 1.807) is 11.9 Å². The van der Waals surface area contributed by atoms with Crippen molar-refractivity contribution in [2.45, 2.75) is 37.8 Å². The molecule has 0 N–H and O–H groups in total. The molecule has 116 valence electrons. The number of benzene rings is 1. The zero-order valence-corrected chi connectivity index (χ0v) is 13.9. The van der Waals surface area contributed by atoms with Gasteiger partial charge < -0.3 is 9.47 Å². The van der Waals surface area contributed by atoms with Crippen molar-refractivity contribution in [1.29, 1.82) is 0 Å². The number of ether oxygens (including phenoxy) is 2. The Morgan fingerprint density at radius 1 is 1.38 bits per heavy atom. The van der Waals surface area contributed by atoms with E-state index in [0.717, 1.165) is 4.90 Å². The van der Waals surface area contributed by atoms with E-state index in [1.165, 1.54) is 12.7 Å². The quantitative estimate of drug-likeness (QED) is 0.631. The summed E-state index contributed by atoms with van der Waals surface area (Å²) >= 11 is 1.60. The van der Waals surface area contributed by atoms with Crippen LogP contribution in [0, 0.1) is 12.8 Å². The van der Waals surface area contributed by atoms with Gasteiger partial charge in [-0.15, -0.1) is 0 Å². The molecule has 1 fully saturated rings. The Morgan fingerprint density at radius 2 is 2.05 bits per heavy atom. The molecule has 1 aliphatic rings. The highest BCUT2D eigenvalue weighted by molar-refractivity contribution is 7.97. The minimum atomic E-state index is -0.366. The molecule has 1 saturated heterocycles. The Labute approximate surface area is 130 Å². The molecule has 0 amide bonds. The molecule has 1 heterocycles. The summed E-state index contributed by atoms with van der Waals surface area (Å²) in [6, 6.07) is 7.95. The third-order valence-electron chi connectivity index (χ3n) is 3.59. The van der Waals surface area contributed by atoms with Crippen LogP contribution in [-0.4, -0.2) is 42.7 Å². The zero-order chi connectivity index (χ0) is 15.4. The fourth-order valence-electron chi connectivity index (χ4n) is 2.44. The second-order valence-electron chi connectivity index (χ2n) is 5.59. The molecule has 0 radical (unpaired) electrons. The standard InChI is InChI=1S/C16H23NO3S/c1-11(2)15-14(16(18)19-4)17(9-10-20-15)21-13-7-5-12(3)6-8-13/h5-8,11,14-15H,9-10H2,1-4H3/t14-,15+/m0/s1. The molecule has 1 aromatic rings. The molecule has 5 heteroatoms. The average Bonchev–Trinajstić information content (AvgIpc) is 2.48. The first-order chi connectivity index (χ1) is 10.0. The number of carbonyl (C=O) groups is 1. The summed E-state index contributed by atoms with van der Waals surface area (Å²) in [5.41, 5.74) is 1.23. The van der Waals surface area contributed by atoms with Crippen LogP contribution in [0.2, 0.25) is 0 Å². The molecule has 4 nitrogen and oxygen atoms in total. The van der Waals surface area contributed by atoms with Crippen LogP contribution in [-0.2, 0) is 14.3 Å². The largest absolute Gasteiger partial charge is 0.468 e. The predicted molar refractivity (Wildman–Crippen MR) is 84.1 cm³/mol. The molecule has 0 aromatic heterocycles. The molecule has 21 heavy (non-hydrogen) atoms. The van der Waals surface area contributed by atoms with E-state index in [2.05, 4.69) is 49.3 Å². The van der Waals surface area contributed by atoms with Gasteiger partial charge in [-0.05, 0) is 36.9 Å². The third kappa shape index (κ3) is 3.99. The highest BCUT2D eigenvalue weighted by Gasteiger charge is 2.40. The first-order valence-corrected chi connectivity index (χ1v) is 8.01. The Hall–Kier alpha value is -1.04. The molecule has 0 spiro atoms. The average molecular weight is 309 g/mol. The number of nitrogens with zero attached hydrogens (tertiary/aromatic N) is 1. The molecule has 0 unspecified atom stereocenters. The van der Waals surface area contributed by atoms with Crippen molar-refractivity contribution in [3.8, 4) is 0 Å². The number of carbonyl (C=O) groups excluding carboxylic acids is 1. The van der Waals surface area contributed by atoms with Gasteiger partial charge in [-0.1, -0.05) is 31.5 Å². The lowest BCUT2D eigenvalue weighted by Gasteiger charge is -2.40. The molecular weight excluding hydrogens is 286 g/mol. The van der Waals surface area contributed by atoms with Crippen LogP contribution in [0.3, 0.4) is 0 Å². The van der Waals surface area contributed by atoms with Crippen molar-refractivity contribution in [2.24, 2.45) is 5.92 Å². The summed E-state index contributed by atoms with van der Waals surface area (Å²) in [5.74, 6) is 0.0310. The number of morpholine rings is 1. The van der Waals surface area contributed by atoms with Crippen molar-refractivity contribution in [3.63, 3.8) is 0 Å². The Balaban J connectivity index is 2.18. The van der Waals surface area contributed by atoms with Crippen LogP contribution in [0.1, 0.15) is 19.4 Å². The van der Waals surface area contributed by atoms with Gasteiger partial charge in [0.15, 0.2) is 0 Å². The summed E-state index contributed by atoms with van der Waals surface area (Å²) in [5, 5.41) is 0. The third-order valence-corrected chi connectivity index (χ3v) is 4.71. The van der Waals surface area contributed by atoms with Crippen LogP contribution in [0.5, 0.6) is 0 Å². The fraction of sp³-hybridized carbons (Fsp3) is 0.562. The van der Waals surface area contributed by atoms with Gasteiger partial charge in [0, 0.05) is 11.4 Å². The van der Waals surface area contributed by atoms with Crippen molar-refractivity contribution < 1.29 is 14.3 Å². The summed E-state index contributed by atoms with van der Waals surface area (Å²) in [6.07, 6.45) is -0.135. The van der Waals surface area contributed by atoms with E-state index < -0.39 is 0 Å². The van der Waals surface area contributed by atoms with Crippen LogP contribution >= 0.6 is 11.9 Å². The van der Waals surface area contributed by atoms with E-state index in [1.807, 2.05) is 0 Å². The van der Waals surface area contributed by atoms with Crippen LogP contribution < -0.4 is 0 Å². The molecule has 1 aliphatic heterocycles. The van der Waals surface area contributed by atoms with Gasteiger partial charge in [0.05, 0.1) is 19.8 Å². The van der Waals surface area contributed by atoms with E-state index >= 15 is 0 Å². The molecule has 0 bridgehead atoms. The lowest BCUT2D eigenvalue weighted by molar-refractivity contribution is -0.157. The van der Waals surface area contributed by atoms with Gasteiger partial charge >= 0.3 is 5.97 Å². The normalized spacial score (nSPS) is 23.3. The topological polar surface area (TPSA) is 38.8 Å². The smallest absolute Gasteiger partial charge is 0.326 e. The summed E-state index contributed by atoms with van der Waals surface area (Å²) in [4.78, 5) is 13.3. The van der Waals surface area contributed by atoms with Crippen LogP contribution in [0.15, 0.2) is 29.2 Å². The van der Waals surface area contributed by atoms with Crippen LogP contribution in [0.4, 0.5) is 0 Å². The number of methoxy groups -OCH3 is 1. The second-order valence-corrected chi connectivity index (χ2v) is 6.72. The van der Waals surface area contributed by atoms with Gasteiger partial charge in [-0.25, -0.2) is 4.31 Å². The number of hydrogen-bond acceptors (Lipinski definition) is 5. The zero-order valence-electron chi connectivity index (χ0n) is 13.0. The molecule has 1 aromatic carbocycles. The maximum absolute atomic E-state index is 12.2. The molecule has 2 rings (SSSR count). The molecular formula is C16H23NO3S. The minimum Gasteiger partial charge on any atom is -0.468 e. The van der Waals surface area contributed by atoms with Crippen molar-refractivity contribution in [3.05, 3.63) is 29.8 Å². The van der Waals surface area contributed by atoms with E-state index in [0.29, 0.717) is 13.2 Å². The van der Waals surface area contributed by atoms with E-state index in [-0.39, 0.29) is 24.0 Å². The Kier molecular flexibility index (Phi) is 5.67. The Bertz CT molecular complexity index is 475. The first kappa shape index (κ1) is 16.3. The maximum atomic E-state index is 12.2. The monoisotopic (exact) mass is 309 g/mol. The highest BCUT2D eigenvalue weighted by Crippen LogP contribution is 2.31. The number of aryl methyl sites for hydroxylation is 1. The number of esters is 1. The molecule has 0 saturated carbocycles. The number of hydrogen-bond donors (Lipinski definition) is 0. The predicted octanol–water partition coefficient (Wildman–Crippen LogP) is 2.90. The SMILES string of the molecule is COC(=O)[C@@H]1[C@@H](C(C)C)OCCN1Sc1ccc(C)cc1. The minimum absolute atomic E-state index is 0.135. The maximum Gasteiger partial charge on any atom is 0.326 e. The fourth-order valence-corrected chi connectivity index (χ4v) is 3.45. The summed E-state index contributed by atoms with van der Waals surface area (Å²) in [7, 11) is 1.43. The number of rotatable bonds is 4. The van der Waals surface area contributed by atoms with E-state index in [9.17, 15) is 4.79 Å². The molecule has 2 atom stereocenters. The second kappa shape index (κ2) is 7.29. The summed E-state index contributed by atoms with van der Waals surface area (Å²) in [6.45, 7) is 7.55. The van der Waals surface area contributed by atoms with Gasteiger partial charge in [-0.3, -0.25) is 4.79 Å². The van der Waals surface area contributed by atoms with Gasteiger partial charge in [0.2, 0.25) is 0 Å². The Morgan fingerprint density at radius 3 is 2.62 bits per heavy atom. The van der Waals surface area contributed by atoms with Crippen molar-refractivity contribution in [2.75, 3.05) is 20.3 Å². The van der Waals surface area contributed by atoms with Gasteiger partial charge in [0.1, 0.15) is 6.04 Å². The lowest BCUT2D eigenvalue weighted by atomic mass is 9.98. The highest BCUT2D eigenvalue weighted by atomic mass is 32.2. The van der Waals surface area contributed by atoms with E-state index in [4.69, 9.17) is 9.47 Å².